The predicted octanol–water partition coefficient (Wildman–Crippen LogP) is 0.775. The van der Waals surface area contributed by atoms with Crippen molar-refractivity contribution < 1.29 is 14.3 Å². The Morgan fingerprint density at radius 2 is 2.25 bits per heavy atom. The maximum absolute atomic E-state index is 11.3. The highest BCUT2D eigenvalue weighted by molar-refractivity contribution is 5.91. The summed E-state index contributed by atoms with van der Waals surface area (Å²) in [5.74, 6) is 0.245. The molecule has 2 saturated carbocycles. The van der Waals surface area contributed by atoms with Crippen molar-refractivity contribution in [3.8, 4) is 0 Å². The largest absolute Gasteiger partial charge is 0.469 e. The zero-order valence-corrected chi connectivity index (χ0v) is 7.08. The van der Waals surface area contributed by atoms with E-state index in [-0.39, 0.29) is 29.5 Å². The Kier molecular flexibility index (Phi) is 1.67. The van der Waals surface area contributed by atoms with Crippen LogP contribution in [0.5, 0.6) is 0 Å². The maximum Gasteiger partial charge on any atom is 0.309 e. The number of ketones is 1. The van der Waals surface area contributed by atoms with Crippen LogP contribution < -0.4 is 0 Å². The highest BCUT2D eigenvalue weighted by atomic mass is 16.5. The van der Waals surface area contributed by atoms with Crippen molar-refractivity contribution in [2.75, 3.05) is 7.11 Å². The van der Waals surface area contributed by atoms with E-state index in [1.54, 1.807) is 0 Å². The summed E-state index contributed by atoms with van der Waals surface area (Å²) in [5.41, 5.74) is 0. The van der Waals surface area contributed by atoms with Gasteiger partial charge in [-0.3, -0.25) is 9.59 Å². The summed E-state index contributed by atoms with van der Waals surface area (Å²) >= 11 is 0. The second-order valence-electron chi connectivity index (χ2n) is 3.66. The number of carbonyl (C=O) groups excluding carboxylic acids is 2. The summed E-state index contributed by atoms with van der Waals surface area (Å²) in [6.45, 7) is 0. The number of fused-ring (bicyclic) bond motifs is 2. The molecule has 2 aliphatic rings. The molecule has 0 aliphatic heterocycles. The van der Waals surface area contributed by atoms with Crippen LogP contribution >= 0.6 is 0 Å². The van der Waals surface area contributed by atoms with Crippen molar-refractivity contribution in [1.82, 2.24) is 0 Å². The van der Waals surface area contributed by atoms with Gasteiger partial charge in [0, 0.05) is 12.3 Å². The van der Waals surface area contributed by atoms with Crippen molar-refractivity contribution in [2.45, 2.75) is 19.3 Å². The Morgan fingerprint density at radius 3 is 2.67 bits per heavy atom. The number of esters is 1. The number of Topliss-reactive ketones (excluding diaryl/α,β-unsaturated/α-hetero) is 1. The van der Waals surface area contributed by atoms with E-state index in [2.05, 4.69) is 4.74 Å². The van der Waals surface area contributed by atoms with E-state index in [0.717, 1.165) is 12.8 Å². The fourth-order valence-corrected chi connectivity index (χ4v) is 2.57. The average Bonchev–Trinajstić information content (AvgIpc) is 2.59. The minimum atomic E-state index is -0.187. The van der Waals surface area contributed by atoms with Crippen LogP contribution in [0.3, 0.4) is 0 Å². The molecule has 2 rings (SSSR count). The van der Waals surface area contributed by atoms with Crippen LogP contribution in [0.15, 0.2) is 0 Å². The Bertz CT molecular complexity index is 234. The molecule has 0 aromatic carbocycles. The molecule has 0 amide bonds. The molecule has 0 heterocycles. The molecule has 2 fully saturated rings. The van der Waals surface area contributed by atoms with Gasteiger partial charge in [-0.05, 0) is 18.8 Å². The minimum Gasteiger partial charge on any atom is -0.469 e. The number of methoxy groups -OCH3 is 1. The third kappa shape index (κ3) is 0.886. The van der Waals surface area contributed by atoms with Gasteiger partial charge in [0.15, 0.2) is 0 Å². The first-order valence-electron chi connectivity index (χ1n) is 4.34. The SMILES string of the molecule is COC(=O)[C@H]1[C@H]2CC[C@@H]1C(=O)C2. The first-order valence-corrected chi connectivity index (χ1v) is 4.34. The van der Waals surface area contributed by atoms with Crippen LogP contribution in [0.1, 0.15) is 19.3 Å². The molecule has 0 N–H and O–H groups in total. The van der Waals surface area contributed by atoms with E-state index >= 15 is 0 Å². The van der Waals surface area contributed by atoms with Crippen LogP contribution in [0.4, 0.5) is 0 Å². The topological polar surface area (TPSA) is 43.4 Å². The van der Waals surface area contributed by atoms with Gasteiger partial charge in [-0.1, -0.05) is 0 Å². The lowest BCUT2D eigenvalue weighted by molar-refractivity contribution is -0.147. The van der Waals surface area contributed by atoms with Gasteiger partial charge in [0.05, 0.1) is 13.0 Å². The van der Waals surface area contributed by atoms with Gasteiger partial charge in [0.1, 0.15) is 5.78 Å². The Labute approximate surface area is 71.1 Å². The Morgan fingerprint density at radius 1 is 1.50 bits per heavy atom. The highest BCUT2D eigenvalue weighted by Gasteiger charge is 2.51. The molecular weight excluding hydrogens is 156 g/mol. The van der Waals surface area contributed by atoms with Gasteiger partial charge in [-0.25, -0.2) is 0 Å². The second kappa shape index (κ2) is 2.57. The normalized spacial score (nSPS) is 38.8. The highest BCUT2D eigenvalue weighted by Crippen LogP contribution is 2.47. The van der Waals surface area contributed by atoms with E-state index in [9.17, 15) is 9.59 Å². The molecule has 66 valence electrons. The molecule has 0 spiro atoms. The lowest BCUT2D eigenvalue weighted by Crippen LogP contribution is -2.21. The summed E-state index contributed by atoms with van der Waals surface area (Å²) in [6.07, 6.45) is 2.52. The Hall–Kier alpha value is -0.860. The molecular formula is C9H12O3. The molecule has 0 saturated heterocycles. The third-order valence-corrected chi connectivity index (χ3v) is 3.14. The smallest absolute Gasteiger partial charge is 0.309 e. The molecule has 0 unspecified atom stereocenters. The maximum atomic E-state index is 11.3. The zero-order valence-electron chi connectivity index (χ0n) is 7.08. The van der Waals surface area contributed by atoms with Crippen molar-refractivity contribution in [1.29, 1.82) is 0 Å². The lowest BCUT2D eigenvalue weighted by atomic mass is 9.98. The molecule has 2 aliphatic carbocycles. The standard InChI is InChI=1S/C9H12O3/c1-12-9(11)8-5-2-3-6(8)7(10)4-5/h5-6,8H,2-4H2,1H3/t5-,6+,8-/m0/s1. The second-order valence-corrected chi connectivity index (χ2v) is 3.66. The Balaban J connectivity index is 2.18. The fraction of sp³-hybridized carbons (Fsp3) is 0.778. The third-order valence-electron chi connectivity index (χ3n) is 3.14. The number of hydrogen-bond donors (Lipinski definition) is 0. The molecule has 3 atom stereocenters. The van der Waals surface area contributed by atoms with E-state index < -0.39 is 0 Å². The van der Waals surface area contributed by atoms with Gasteiger partial charge in [-0.15, -0.1) is 0 Å². The number of hydrogen-bond acceptors (Lipinski definition) is 3. The van der Waals surface area contributed by atoms with Crippen LogP contribution in [0.2, 0.25) is 0 Å². The van der Waals surface area contributed by atoms with E-state index in [1.165, 1.54) is 7.11 Å². The van der Waals surface area contributed by atoms with Crippen LogP contribution in [-0.2, 0) is 14.3 Å². The van der Waals surface area contributed by atoms with Crippen molar-refractivity contribution >= 4 is 11.8 Å². The lowest BCUT2D eigenvalue weighted by Gasteiger charge is -2.10. The van der Waals surface area contributed by atoms with Gasteiger partial charge < -0.3 is 4.74 Å². The van der Waals surface area contributed by atoms with Gasteiger partial charge in [0.25, 0.3) is 0 Å². The predicted molar refractivity (Wildman–Crippen MR) is 41.3 cm³/mol. The molecule has 3 nitrogen and oxygen atoms in total. The van der Waals surface area contributed by atoms with Gasteiger partial charge >= 0.3 is 5.97 Å². The van der Waals surface area contributed by atoms with Crippen molar-refractivity contribution in [3.63, 3.8) is 0 Å². The van der Waals surface area contributed by atoms with E-state index in [1.807, 2.05) is 0 Å². The summed E-state index contributed by atoms with van der Waals surface area (Å²) in [7, 11) is 1.39. The van der Waals surface area contributed by atoms with E-state index in [0.29, 0.717) is 6.42 Å². The summed E-state index contributed by atoms with van der Waals surface area (Å²) in [5, 5.41) is 0. The van der Waals surface area contributed by atoms with Crippen LogP contribution in [-0.4, -0.2) is 18.9 Å². The zero-order chi connectivity index (χ0) is 8.72. The molecule has 0 aromatic heterocycles. The summed E-state index contributed by atoms with van der Waals surface area (Å²) in [6, 6.07) is 0. The molecule has 3 heteroatoms. The minimum absolute atomic E-state index is 0.0116. The average molecular weight is 168 g/mol. The first kappa shape index (κ1) is 7.77. The van der Waals surface area contributed by atoms with Crippen LogP contribution in [0, 0.1) is 17.8 Å². The fourth-order valence-electron chi connectivity index (χ4n) is 2.57. The van der Waals surface area contributed by atoms with Crippen LogP contribution in [0.25, 0.3) is 0 Å². The number of carbonyl (C=O) groups is 2. The summed E-state index contributed by atoms with van der Waals surface area (Å²) in [4.78, 5) is 22.5. The number of ether oxygens (including phenoxy) is 1. The van der Waals surface area contributed by atoms with Crippen molar-refractivity contribution in [3.05, 3.63) is 0 Å². The van der Waals surface area contributed by atoms with E-state index in [4.69, 9.17) is 0 Å². The number of rotatable bonds is 1. The molecule has 12 heavy (non-hydrogen) atoms. The molecule has 2 bridgehead atoms. The van der Waals surface area contributed by atoms with Gasteiger partial charge in [0.2, 0.25) is 0 Å². The quantitative estimate of drug-likeness (QED) is 0.543. The monoisotopic (exact) mass is 168 g/mol. The van der Waals surface area contributed by atoms with Gasteiger partial charge in [-0.2, -0.15) is 0 Å². The summed E-state index contributed by atoms with van der Waals surface area (Å²) < 4.78 is 4.67. The molecule has 0 radical (unpaired) electrons. The van der Waals surface area contributed by atoms with Crippen molar-refractivity contribution in [2.24, 2.45) is 17.8 Å². The first-order chi connectivity index (χ1) is 5.74. The molecule has 0 aromatic rings.